The van der Waals surface area contributed by atoms with Crippen LogP contribution in [0.15, 0.2) is 30.5 Å². The minimum atomic E-state index is -0.912. The van der Waals surface area contributed by atoms with Crippen LogP contribution < -0.4 is 15.5 Å². The van der Waals surface area contributed by atoms with Crippen molar-refractivity contribution < 1.29 is 9.18 Å². The maximum Gasteiger partial charge on any atom is 0.309 e. The van der Waals surface area contributed by atoms with Gasteiger partial charge in [0.25, 0.3) is 5.91 Å². The third-order valence-corrected chi connectivity index (χ3v) is 5.92. The van der Waals surface area contributed by atoms with Crippen LogP contribution in [0.3, 0.4) is 0 Å². The Morgan fingerprint density at radius 1 is 1.19 bits per heavy atom. The molecule has 1 saturated heterocycles. The third-order valence-electron chi connectivity index (χ3n) is 5.92. The van der Waals surface area contributed by atoms with E-state index in [4.69, 9.17) is 0 Å². The first-order valence-electron chi connectivity index (χ1n) is 11.3. The highest BCUT2D eigenvalue weighted by molar-refractivity contribution is 6.04. The number of carbonyl (C=O) groups is 1. The Hall–Kier alpha value is -2.74. The molecule has 1 aromatic carbocycles. The van der Waals surface area contributed by atoms with E-state index in [1.165, 1.54) is 12.3 Å². The number of hydrogen-bond acceptors (Lipinski definition) is 6. The van der Waals surface area contributed by atoms with Crippen LogP contribution in [0.2, 0.25) is 0 Å². The molecule has 174 valence electrons. The fourth-order valence-corrected chi connectivity index (χ4v) is 3.80. The van der Waals surface area contributed by atoms with Gasteiger partial charge >= 0.3 is 6.08 Å². The molecule has 0 radical (unpaired) electrons. The van der Waals surface area contributed by atoms with Gasteiger partial charge in [0.05, 0.1) is 11.4 Å². The van der Waals surface area contributed by atoms with E-state index in [0.717, 1.165) is 63.2 Å². The summed E-state index contributed by atoms with van der Waals surface area (Å²) in [5, 5.41) is 6.42. The number of carbonyl (C=O) groups excluding carboxylic acids is 1. The lowest BCUT2D eigenvalue weighted by Crippen LogP contribution is -2.37. The summed E-state index contributed by atoms with van der Waals surface area (Å²) in [4.78, 5) is 24.2. The number of benzene rings is 1. The van der Waals surface area contributed by atoms with Crippen molar-refractivity contribution in [2.75, 3.05) is 55.8 Å². The molecule has 1 amide bonds. The molecular weight excluding hydrogens is 407 g/mol. The lowest BCUT2D eigenvalue weighted by atomic mass is 9.82. The van der Waals surface area contributed by atoms with Gasteiger partial charge in [-0.1, -0.05) is 13.8 Å². The zero-order chi connectivity index (χ0) is 23.1. The number of anilines is 3. The van der Waals surface area contributed by atoms with Crippen LogP contribution in [0, 0.1) is 11.5 Å². The summed E-state index contributed by atoms with van der Waals surface area (Å²) in [6.07, 6.45) is 4.72. The first kappa shape index (κ1) is 23.9. The highest BCUT2D eigenvalue weighted by atomic mass is 19.1. The quantitative estimate of drug-likeness (QED) is 0.447. The molecule has 0 bridgehead atoms. The van der Waals surface area contributed by atoms with E-state index in [9.17, 15) is 9.18 Å². The molecule has 0 saturated carbocycles. The summed E-state index contributed by atoms with van der Waals surface area (Å²) in [6.45, 7) is 8.40. The Kier molecular flexibility index (Phi) is 8.01. The van der Waals surface area contributed by atoms with E-state index in [2.05, 4.69) is 64.4 Å². The van der Waals surface area contributed by atoms with Gasteiger partial charge in [-0.15, -0.1) is 0 Å². The van der Waals surface area contributed by atoms with Crippen molar-refractivity contribution in [3.63, 3.8) is 0 Å². The average molecular weight is 443 g/mol. The van der Waals surface area contributed by atoms with Crippen LogP contribution in [-0.2, 0) is 0 Å². The standard InChI is InChI=1S/C24H35FN6O/c1-24(2)10-15-31(16-11-24)21-17-18(26-12-5-6-14-30(3)4)7-8-19(21)28-22(32)20-9-13-27-23(25)29-20/h7-9,13,17,26H,5-6,10-12,14-16H2,1-4H3,(H,28,32). The predicted octanol–water partition coefficient (Wildman–Crippen LogP) is 4.25. The SMILES string of the molecule is CN(C)CCCCNc1ccc(NC(=O)c2ccnc(F)n2)c(N2CCC(C)(C)CC2)c1. The molecule has 32 heavy (non-hydrogen) atoms. The second-order valence-corrected chi connectivity index (χ2v) is 9.49. The molecular formula is C24H35FN6O. The molecule has 1 fully saturated rings. The zero-order valence-corrected chi connectivity index (χ0v) is 19.6. The van der Waals surface area contributed by atoms with Gasteiger partial charge in [-0.2, -0.15) is 9.37 Å². The van der Waals surface area contributed by atoms with Crippen LogP contribution in [0.1, 0.15) is 50.0 Å². The predicted molar refractivity (Wildman–Crippen MR) is 128 cm³/mol. The minimum Gasteiger partial charge on any atom is -0.385 e. The fraction of sp³-hybridized carbons (Fsp3) is 0.542. The summed E-state index contributed by atoms with van der Waals surface area (Å²) >= 11 is 0. The maximum absolute atomic E-state index is 13.4. The molecule has 0 spiro atoms. The van der Waals surface area contributed by atoms with Crippen LogP contribution in [-0.4, -0.2) is 61.0 Å². The lowest BCUT2D eigenvalue weighted by molar-refractivity contribution is 0.102. The molecule has 1 aromatic heterocycles. The van der Waals surface area contributed by atoms with E-state index < -0.39 is 12.0 Å². The number of halogens is 1. The summed E-state index contributed by atoms with van der Waals surface area (Å²) in [6, 6.07) is 7.39. The number of hydrogen-bond donors (Lipinski definition) is 2. The number of rotatable bonds is 9. The third kappa shape index (κ3) is 6.88. The van der Waals surface area contributed by atoms with Gasteiger partial charge in [0.1, 0.15) is 5.69 Å². The Morgan fingerprint density at radius 3 is 2.62 bits per heavy atom. The first-order chi connectivity index (χ1) is 15.2. The summed E-state index contributed by atoms with van der Waals surface area (Å²) in [5.41, 5.74) is 3.03. The fourth-order valence-electron chi connectivity index (χ4n) is 3.80. The monoisotopic (exact) mass is 442 g/mol. The second-order valence-electron chi connectivity index (χ2n) is 9.49. The van der Waals surface area contributed by atoms with E-state index in [0.29, 0.717) is 11.1 Å². The van der Waals surface area contributed by atoms with Crippen LogP contribution in [0.5, 0.6) is 0 Å². The van der Waals surface area contributed by atoms with E-state index in [-0.39, 0.29) is 5.69 Å². The van der Waals surface area contributed by atoms with Gasteiger partial charge in [-0.3, -0.25) is 4.79 Å². The maximum atomic E-state index is 13.4. The van der Waals surface area contributed by atoms with E-state index >= 15 is 0 Å². The highest BCUT2D eigenvalue weighted by Gasteiger charge is 2.27. The molecule has 0 unspecified atom stereocenters. The molecule has 1 aliphatic heterocycles. The van der Waals surface area contributed by atoms with Crippen molar-refractivity contribution >= 4 is 23.0 Å². The van der Waals surface area contributed by atoms with Crippen LogP contribution >= 0.6 is 0 Å². The Bertz CT molecular complexity index is 907. The average Bonchev–Trinajstić information content (AvgIpc) is 2.74. The number of nitrogens with zero attached hydrogens (tertiary/aromatic N) is 4. The Balaban J connectivity index is 1.75. The van der Waals surface area contributed by atoms with Crippen molar-refractivity contribution in [2.45, 2.75) is 39.5 Å². The smallest absolute Gasteiger partial charge is 0.309 e. The molecule has 0 atom stereocenters. The van der Waals surface area contributed by atoms with E-state index in [1.54, 1.807) is 0 Å². The highest BCUT2D eigenvalue weighted by Crippen LogP contribution is 2.36. The number of amides is 1. The molecule has 2 heterocycles. The summed E-state index contributed by atoms with van der Waals surface area (Å²) in [5.74, 6) is -0.450. The second kappa shape index (κ2) is 10.7. The van der Waals surface area contributed by atoms with Crippen molar-refractivity contribution in [1.82, 2.24) is 14.9 Å². The molecule has 8 heteroatoms. The van der Waals surface area contributed by atoms with Crippen molar-refractivity contribution in [3.8, 4) is 0 Å². The first-order valence-corrected chi connectivity index (χ1v) is 11.3. The van der Waals surface area contributed by atoms with Crippen molar-refractivity contribution in [3.05, 3.63) is 42.2 Å². The molecule has 3 rings (SSSR count). The zero-order valence-electron chi connectivity index (χ0n) is 19.6. The largest absolute Gasteiger partial charge is 0.385 e. The van der Waals surface area contributed by atoms with Gasteiger partial charge in [-0.05, 0) is 76.0 Å². The molecule has 0 aliphatic carbocycles. The molecule has 7 nitrogen and oxygen atoms in total. The van der Waals surface area contributed by atoms with Crippen LogP contribution in [0.4, 0.5) is 21.5 Å². The summed E-state index contributed by atoms with van der Waals surface area (Å²) < 4.78 is 13.4. The Labute approximate surface area is 190 Å². The molecule has 1 aliphatic rings. The Morgan fingerprint density at radius 2 is 1.94 bits per heavy atom. The topological polar surface area (TPSA) is 73.4 Å². The van der Waals surface area contributed by atoms with Gasteiger partial charge in [-0.25, -0.2) is 4.98 Å². The molecule has 2 aromatic rings. The number of piperidine rings is 1. The minimum absolute atomic E-state index is 0.00585. The number of aromatic nitrogens is 2. The van der Waals surface area contributed by atoms with Gasteiger partial charge in [0.15, 0.2) is 0 Å². The summed E-state index contributed by atoms with van der Waals surface area (Å²) in [7, 11) is 4.17. The van der Waals surface area contributed by atoms with Gasteiger partial charge < -0.3 is 20.4 Å². The normalized spacial score (nSPS) is 15.6. The van der Waals surface area contributed by atoms with E-state index in [1.807, 2.05) is 12.1 Å². The van der Waals surface area contributed by atoms with Gasteiger partial charge in [0.2, 0.25) is 0 Å². The van der Waals surface area contributed by atoms with Crippen molar-refractivity contribution in [2.24, 2.45) is 5.41 Å². The van der Waals surface area contributed by atoms with Crippen LogP contribution in [0.25, 0.3) is 0 Å². The number of nitrogens with one attached hydrogen (secondary N) is 2. The molecule has 2 N–H and O–H groups in total. The van der Waals surface area contributed by atoms with Crippen molar-refractivity contribution in [1.29, 1.82) is 0 Å². The van der Waals surface area contributed by atoms with Gasteiger partial charge in [0, 0.05) is 31.5 Å². The number of unbranched alkanes of at least 4 members (excludes halogenated alkanes) is 1. The lowest BCUT2D eigenvalue weighted by Gasteiger charge is -2.39.